The molecule has 0 heterocycles. The lowest BCUT2D eigenvalue weighted by molar-refractivity contribution is -0.143. The molecule has 0 spiro atoms. The third kappa shape index (κ3) is 4.72. The Bertz CT molecular complexity index is 1630. The lowest BCUT2D eigenvalue weighted by atomic mass is 9.56. The summed E-state index contributed by atoms with van der Waals surface area (Å²) in [5, 5.41) is 45.6. The molecule has 0 aromatic heterocycles. The minimum atomic E-state index is -2.36. The zero-order valence-electron chi connectivity index (χ0n) is 24.9. The number of likely N-dealkylation sites (N-methyl/N-ethyl adjacent to an activating group) is 1. The van der Waals surface area contributed by atoms with E-state index in [2.05, 4.69) is 11.5 Å². The highest BCUT2D eigenvalue weighted by Gasteiger charge is 2.62. The molecule has 4 aliphatic carbocycles. The number of nitrogens with two attached hydrogens (primary N) is 1. The number of carbonyl (C=O) groups excluding carboxylic acids is 2. The SMILES string of the molecule is C=C1C(C(N)=O)=C(O)[C@@H](N(C)C)[C@@H]2C[C@@H]3Cc4c(F)c(CN(Cc5ccccc5)CC5CC5)cc(O)c4C(O)=C3C(=O)[C@]12O. The first-order chi connectivity index (χ1) is 20.8. The molecule has 1 amide bonds. The zero-order valence-corrected chi connectivity index (χ0v) is 24.9. The number of phenolic OH excluding ortho intramolecular Hbond substituents is 1. The Kier molecular flexibility index (Phi) is 7.42. The first kappa shape index (κ1) is 30.1. The third-order valence-electron chi connectivity index (χ3n) is 9.77. The summed E-state index contributed by atoms with van der Waals surface area (Å²) in [7, 11) is 3.26. The van der Waals surface area contributed by atoms with Crippen LogP contribution in [0.2, 0.25) is 0 Å². The highest BCUT2D eigenvalue weighted by atomic mass is 19.1. The predicted octanol–water partition coefficient (Wildman–Crippen LogP) is 3.50. The molecule has 0 radical (unpaired) electrons. The summed E-state index contributed by atoms with van der Waals surface area (Å²) in [6.45, 7) is 5.43. The van der Waals surface area contributed by atoms with E-state index in [4.69, 9.17) is 5.73 Å². The van der Waals surface area contributed by atoms with Gasteiger partial charge in [0.2, 0.25) is 0 Å². The van der Waals surface area contributed by atoms with E-state index in [1.165, 1.54) is 6.07 Å². The first-order valence-corrected chi connectivity index (χ1v) is 14.9. The number of halogens is 1. The van der Waals surface area contributed by atoms with Gasteiger partial charge < -0.3 is 26.2 Å². The molecule has 10 heteroatoms. The quantitative estimate of drug-likeness (QED) is 0.308. The van der Waals surface area contributed by atoms with Gasteiger partial charge in [0.15, 0.2) is 11.4 Å². The number of hydrogen-bond acceptors (Lipinski definition) is 8. The molecule has 2 fully saturated rings. The molecule has 44 heavy (non-hydrogen) atoms. The van der Waals surface area contributed by atoms with Crippen molar-refractivity contribution in [3.8, 4) is 5.75 Å². The summed E-state index contributed by atoms with van der Waals surface area (Å²) < 4.78 is 16.4. The molecule has 2 aromatic rings. The van der Waals surface area contributed by atoms with E-state index >= 15 is 4.39 Å². The number of rotatable bonds is 8. The number of aliphatic hydroxyl groups excluding tert-OH is 2. The number of aliphatic hydroxyl groups is 3. The maximum atomic E-state index is 16.4. The summed E-state index contributed by atoms with van der Waals surface area (Å²) in [5.74, 6) is -5.04. The van der Waals surface area contributed by atoms with Crippen molar-refractivity contribution in [3.05, 3.63) is 93.5 Å². The molecule has 4 atom stereocenters. The van der Waals surface area contributed by atoms with Crippen LogP contribution in [0.25, 0.3) is 5.76 Å². The number of benzene rings is 2. The first-order valence-electron chi connectivity index (χ1n) is 14.9. The van der Waals surface area contributed by atoms with Gasteiger partial charge in [-0.2, -0.15) is 0 Å². The Balaban J connectivity index is 1.40. The summed E-state index contributed by atoms with van der Waals surface area (Å²) >= 11 is 0. The average molecular weight is 604 g/mol. The van der Waals surface area contributed by atoms with Crippen LogP contribution in [0.4, 0.5) is 4.39 Å². The van der Waals surface area contributed by atoms with Crippen LogP contribution in [0.3, 0.4) is 0 Å². The van der Waals surface area contributed by atoms with Crippen molar-refractivity contribution in [1.29, 1.82) is 0 Å². The molecule has 9 nitrogen and oxygen atoms in total. The Morgan fingerprint density at radius 2 is 1.82 bits per heavy atom. The summed E-state index contributed by atoms with van der Waals surface area (Å²) in [5.41, 5.74) is 3.51. The third-order valence-corrected chi connectivity index (χ3v) is 9.77. The van der Waals surface area contributed by atoms with Crippen LogP contribution in [0.1, 0.15) is 41.5 Å². The molecule has 0 unspecified atom stereocenters. The van der Waals surface area contributed by atoms with Crippen molar-refractivity contribution in [2.75, 3.05) is 20.6 Å². The van der Waals surface area contributed by atoms with Crippen molar-refractivity contribution in [2.24, 2.45) is 23.5 Å². The Hall–Kier alpha value is -3.99. The second kappa shape index (κ2) is 10.9. The minimum Gasteiger partial charge on any atom is -0.510 e. The van der Waals surface area contributed by atoms with Crippen LogP contribution in [0.15, 0.2) is 65.5 Å². The number of aromatic hydroxyl groups is 1. The zero-order chi connectivity index (χ0) is 31.7. The van der Waals surface area contributed by atoms with Crippen molar-refractivity contribution in [2.45, 2.75) is 50.4 Å². The molecule has 4 aliphatic rings. The van der Waals surface area contributed by atoms with E-state index in [0.717, 1.165) is 24.9 Å². The van der Waals surface area contributed by atoms with Crippen LogP contribution in [0.5, 0.6) is 5.75 Å². The number of primary amides is 1. The molecule has 0 aliphatic heterocycles. The van der Waals surface area contributed by atoms with E-state index in [1.807, 2.05) is 30.3 Å². The van der Waals surface area contributed by atoms with E-state index in [-0.39, 0.29) is 53.0 Å². The van der Waals surface area contributed by atoms with E-state index in [0.29, 0.717) is 12.5 Å². The fourth-order valence-electron chi connectivity index (χ4n) is 7.57. The second-order valence-electron chi connectivity index (χ2n) is 12.9. The summed E-state index contributed by atoms with van der Waals surface area (Å²) in [6, 6.07) is 10.2. The van der Waals surface area contributed by atoms with Gasteiger partial charge in [-0.1, -0.05) is 36.9 Å². The number of phenols is 1. The molecule has 232 valence electrons. The fraction of sp³-hybridized carbons (Fsp3) is 0.412. The standard InChI is InChI=1S/C34H38FN3O6/c1-17-25(33(36)43)31(41)29(37(2)3)23-12-20-11-22-27(30(40)26(20)32(42)34(17,23)44)24(39)13-21(28(22)35)16-38(15-19-9-10-19)14-18-7-5-4-6-8-18/h4-8,13,19-20,23,29,39-41,44H,1,9-12,14-16H2,2-3H3,(H2,36,43)/t20-,23-,29-,34-/m0/s1. The number of hydrogen-bond donors (Lipinski definition) is 5. The summed E-state index contributed by atoms with van der Waals surface area (Å²) in [6.07, 6.45) is 2.30. The molecule has 6 N–H and O–H groups in total. The fourth-order valence-corrected chi connectivity index (χ4v) is 7.57. The predicted molar refractivity (Wildman–Crippen MR) is 162 cm³/mol. The van der Waals surface area contributed by atoms with Gasteiger partial charge in [0, 0.05) is 47.8 Å². The van der Waals surface area contributed by atoms with Gasteiger partial charge in [-0.15, -0.1) is 0 Å². The van der Waals surface area contributed by atoms with Gasteiger partial charge in [-0.25, -0.2) is 4.39 Å². The van der Waals surface area contributed by atoms with Crippen molar-refractivity contribution >= 4 is 17.4 Å². The normalized spacial score (nSPS) is 26.6. The van der Waals surface area contributed by atoms with Crippen LogP contribution in [0, 0.1) is 23.6 Å². The maximum absolute atomic E-state index is 16.4. The highest BCUT2D eigenvalue weighted by Crippen LogP contribution is 2.54. The lowest BCUT2D eigenvalue weighted by Crippen LogP contribution is -2.63. The lowest BCUT2D eigenvalue weighted by Gasteiger charge is -2.52. The number of Topliss-reactive ketones (excluding diaryl/α,β-unsaturated/α-hetero) is 1. The molecule has 6 rings (SSSR count). The Morgan fingerprint density at radius 1 is 1.14 bits per heavy atom. The van der Waals surface area contributed by atoms with Crippen molar-refractivity contribution in [1.82, 2.24) is 9.80 Å². The molecule has 0 saturated heterocycles. The monoisotopic (exact) mass is 603 g/mol. The topological polar surface area (TPSA) is 148 Å². The molecular weight excluding hydrogens is 565 g/mol. The van der Waals surface area contributed by atoms with Crippen molar-refractivity contribution in [3.63, 3.8) is 0 Å². The van der Waals surface area contributed by atoms with E-state index in [1.54, 1.807) is 19.0 Å². The van der Waals surface area contributed by atoms with Gasteiger partial charge in [-0.05, 0) is 63.2 Å². The number of amides is 1. The van der Waals surface area contributed by atoms with Gasteiger partial charge in [0.1, 0.15) is 23.1 Å². The minimum absolute atomic E-state index is 0.0125. The van der Waals surface area contributed by atoms with Gasteiger partial charge in [0.05, 0.1) is 17.2 Å². The number of fused-ring (bicyclic) bond motifs is 3. The number of carbonyl (C=O) groups is 2. The summed E-state index contributed by atoms with van der Waals surface area (Å²) in [4.78, 5) is 30.1. The van der Waals surface area contributed by atoms with E-state index < -0.39 is 58.1 Å². The second-order valence-corrected chi connectivity index (χ2v) is 12.9. The molecule has 2 aromatic carbocycles. The Morgan fingerprint density at radius 3 is 2.43 bits per heavy atom. The molecule has 0 bridgehead atoms. The van der Waals surface area contributed by atoms with Crippen LogP contribution in [-0.4, -0.2) is 74.2 Å². The highest BCUT2D eigenvalue weighted by molar-refractivity contribution is 6.13. The smallest absolute Gasteiger partial charge is 0.252 e. The van der Waals surface area contributed by atoms with Gasteiger partial charge >= 0.3 is 0 Å². The van der Waals surface area contributed by atoms with Crippen LogP contribution >= 0.6 is 0 Å². The molecule has 2 saturated carbocycles. The van der Waals surface area contributed by atoms with Crippen molar-refractivity contribution < 1.29 is 34.4 Å². The van der Waals surface area contributed by atoms with Crippen LogP contribution in [-0.2, 0) is 29.1 Å². The van der Waals surface area contributed by atoms with E-state index in [9.17, 15) is 30.0 Å². The van der Waals surface area contributed by atoms with Crippen LogP contribution < -0.4 is 5.73 Å². The Labute approximate surface area is 255 Å². The average Bonchev–Trinajstić information content (AvgIpc) is 3.77. The van der Waals surface area contributed by atoms with Gasteiger partial charge in [0.25, 0.3) is 5.91 Å². The largest absolute Gasteiger partial charge is 0.510 e. The maximum Gasteiger partial charge on any atom is 0.252 e. The number of ketones is 1. The van der Waals surface area contributed by atoms with Gasteiger partial charge in [-0.3, -0.25) is 19.4 Å². The number of nitrogens with zero attached hydrogens (tertiary/aromatic N) is 2. The molecular formula is C34H38FN3O6.